The summed E-state index contributed by atoms with van der Waals surface area (Å²) in [5.41, 5.74) is 0.882. The number of anilines is 1. The van der Waals surface area contributed by atoms with Crippen LogP contribution in [0.5, 0.6) is 0 Å². The third-order valence-electron chi connectivity index (χ3n) is 2.06. The molecule has 0 atom stereocenters. The van der Waals surface area contributed by atoms with Gasteiger partial charge in [-0.2, -0.15) is 0 Å². The van der Waals surface area contributed by atoms with Crippen molar-refractivity contribution in [3.8, 4) is 0 Å². The number of nitrogens with one attached hydrogen (secondary N) is 1. The van der Waals surface area contributed by atoms with E-state index in [-0.39, 0.29) is 11.4 Å². The van der Waals surface area contributed by atoms with E-state index >= 15 is 0 Å². The average Bonchev–Trinajstić information content (AvgIpc) is 2.50. The largest absolute Gasteiger partial charge is 0.335 e. The molecule has 1 aliphatic rings. The Bertz CT molecular complexity index is 384. The second-order valence-corrected chi connectivity index (χ2v) is 5.11. The lowest BCUT2D eigenvalue weighted by molar-refractivity contribution is 0.605. The topological polar surface area (TPSA) is 24.4 Å². The van der Waals surface area contributed by atoms with Crippen molar-refractivity contribution in [2.45, 2.75) is 19.4 Å². The Morgan fingerprint density at radius 1 is 1.33 bits per heavy atom. The SMILES string of the molecule is CC1(C)CSC(Nc2ccc(F)cc2)=N1. The molecule has 0 saturated carbocycles. The maximum atomic E-state index is 12.7. The smallest absolute Gasteiger partial charge is 0.161 e. The van der Waals surface area contributed by atoms with E-state index in [2.05, 4.69) is 24.2 Å². The van der Waals surface area contributed by atoms with Crippen molar-refractivity contribution in [2.24, 2.45) is 4.99 Å². The van der Waals surface area contributed by atoms with E-state index in [0.29, 0.717) is 0 Å². The molecule has 0 amide bonds. The summed E-state index contributed by atoms with van der Waals surface area (Å²) in [6.07, 6.45) is 0. The van der Waals surface area contributed by atoms with Crippen LogP contribution in [0.1, 0.15) is 13.8 Å². The molecule has 0 unspecified atom stereocenters. The van der Waals surface area contributed by atoms with Crippen LogP contribution < -0.4 is 5.32 Å². The minimum Gasteiger partial charge on any atom is -0.335 e. The first-order chi connectivity index (χ1) is 7.05. The fourth-order valence-electron chi connectivity index (χ4n) is 1.31. The molecule has 0 saturated heterocycles. The summed E-state index contributed by atoms with van der Waals surface area (Å²) in [6.45, 7) is 4.19. The van der Waals surface area contributed by atoms with Gasteiger partial charge >= 0.3 is 0 Å². The Hall–Kier alpha value is -1.03. The third kappa shape index (κ3) is 2.72. The quantitative estimate of drug-likeness (QED) is 0.792. The molecular weight excluding hydrogens is 211 g/mol. The van der Waals surface area contributed by atoms with Gasteiger partial charge in [0.15, 0.2) is 5.17 Å². The van der Waals surface area contributed by atoms with Crippen LogP contribution in [0.3, 0.4) is 0 Å². The summed E-state index contributed by atoms with van der Waals surface area (Å²) in [4.78, 5) is 4.51. The van der Waals surface area contributed by atoms with Gasteiger partial charge in [-0.15, -0.1) is 0 Å². The van der Waals surface area contributed by atoms with Crippen LogP contribution in [0.4, 0.5) is 10.1 Å². The van der Waals surface area contributed by atoms with Gasteiger partial charge in [0.05, 0.1) is 5.54 Å². The van der Waals surface area contributed by atoms with E-state index in [0.717, 1.165) is 16.6 Å². The van der Waals surface area contributed by atoms with Crippen molar-refractivity contribution in [3.63, 3.8) is 0 Å². The summed E-state index contributed by atoms with van der Waals surface area (Å²) in [6, 6.07) is 6.30. The lowest BCUT2D eigenvalue weighted by Crippen LogP contribution is -2.15. The predicted molar refractivity (Wildman–Crippen MR) is 64.0 cm³/mol. The van der Waals surface area contributed by atoms with Crippen molar-refractivity contribution >= 4 is 22.6 Å². The van der Waals surface area contributed by atoms with E-state index in [9.17, 15) is 4.39 Å². The number of aliphatic imine (C=N–C) groups is 1. The Morgan fingerprint density at radius 3 is 2.53 bits per heavy atom. The average molecular weight is 224 g/mol. The van der Waals surface area contributed by atoms with Crippen LogP contribution in [0.2, 0.25) is 0 Å². The molecule has 2 rings (SSSR count). The standard InChI is InChI=1S/C11H13FN2S/c1-11(2)7-15-10(14-11)13-9-5-3-8(12)4-6-9/h3-6H,7H2,1-2H3,(H,13,14). The van der Waals surface area contributed by atoms with Crippen molar-refractivity contribution in [1.29, 1.82) is 0 Å². The first-order valence-electron chi connectivity index (χ1n) is 4.80. The Morgan fingerprint density at radius 2 is 2.00 bits per heavy atom. The highest BCUT2D eigenvalue weighted by molar-refractivity contribution is 8.14. The monoisotopic (exact) mass is 224 g/mol. The number of amidine groups is 1. The molecule has 0 fully saturated rings. The molecule has 1 N–H and O–H groups in total. The molecule has 2 nitrogen and oxygen atoms in total. The molecular formula is C11H13FN2S. The molecule has 0 bridgehead atoms. The summed E-state index contributed by atoms with van der Waals surface area (Å²) in [7, 11) is 0. The van der Waals surface area contributed by atoms with E-state index in [4.69, 9.17) is 0 Å². The molecule has 0 aliphatic carbocycles. The van der Waals surface area contributed by atoms with Gasteiger partial charge in [0, 0.05) is 11.4 Å². The summed E-state index contributed by atoms with van der Waals surface area (Å²) < 4.78 is 12.7. The van der Waals surface area contributed by atoms with Crippen molar-refractivity contribution in [1.82, 2.24) is 0 Å². The normalized spacial score (nSPS) is 18.7. The number of hydrogen-bond acceptors (Lipinski definition) is 3. The molecule has 0 radical (unpaired) electrons. The molecule has 0 spiro atoms. The summed E-state index contributed by atoms with van der Waals surface area (Å²) >= 11 is 1.69. The Labute approximate surface area is 93.0 Å². The second kappa shape index (κ2) is 3.85. The number of halogens is 1. The molecule has 1 aromatic rings. The maximum Gasteiger partial charge on any atom is 0.161 e. The highest BCUT2D eigenvalue weighted by Gasteiger charge is 2.25. The zero-order valence-corrected chi connectivity index (χ0v) is 9.57. The zero-order valence-electron chi connectivity index (χ0n) is 8.75. The lowest BCUT2D eigenvalue weighted by atomic mass is 10.1. The van der Waals surface area contributed by atoms with Gasteiger partial charge in [-0.25, -0.2) is 4.39 Å². The fraction of sp³-hybridized carbons (Fsp3) is 0.364. The van der Waals surface area contributed by atoms with Gasteiger partial charge in [-0.05, 0) is 38.1 Å². The molecule has 1 heterocycles. The van der Waals surface area contributed by atoms with Gasteiger partial charge in [0.2, 0.25) is 0 Å². The van der Waals surface area contributed by atoms with Crippen molar-refractivity contribution in [3.05, 3.63) is 30.1 Å². The van der Waals surface area contributed by atoms with Gasteiger partial charge < -0.3 is 5.32 Å². The highest BCUT2D eigenvalue weighted by Crippen LogP contribution is 2.27. The second-order valence-electron chi connectivity index (χ2n) is 4.15. The number of thioether (sulfide) groups is 1. The molecule has 15 heavy (non-hydrogen) atoms. The zero-order chi connectivity index (χ0) is 10.9. The fourth-order valence-corrected chi connectivity index (χ4v) is 2.36. The predicted octanol–water partition coefficient (Wildman–Crippen LogP) is 3.12. The molecule has 1 aromatic carbocycles. The van der Waals surface area contributed by atoms with Crippen molar-refractivity contribution < 1.29 is 4.39 Å². The lowest BCUT2D eigenvalue weighted by Gasteiger charge is -2.09. The van der Waals surface area contributed by atoms with Crippen LogP contribution >= 0.6 is 11.8 Å². The van der Waals surface area contributed by atoms with Gasteiger partial charge in [-0.3, -0.25) is 4.99 Å². The van der Waals surface area contributed by atoms with E-state index in [1.54, 1.807) is 23.9 Å². The first-order valence-corrected chi connectivity index (χ1v) is 5.79. The number of nitrogens with zero attached hydrogens (tertiary/aromatic N) is 1. The van der Waals surface area contributed by atoms with Gasteiger partial charge in [-0.1, -0.05) is 11.8 Å². The van der Waals surface area contributed by atoms with Crippen LogP contribution in [0, 0.1) is 5.82 Å². The number of rotatable bonds is 1. The van der Waals surface area contributed by atoms with Crippen LogP contribution in [-0.4, -0.2) is 16.5 Å². The maximum absolute atomic E-state index is 12.7. The van der Waals surface area contributed by atoms with Crippen molar-refractivity contribution in [2.75, 3.05) is 11.1 Å². The summed E-state index contributed by atoms with van der Waals surface area (Å²) in [5.74, 6) is 0.762. The highest BCUT2D eigenvalue weighted by atomic mass is 32.2. The van der Waals surface area contributed by atoms with Gasteiger partial charge in [0.1, 0.15) is 5.82 Å². The first kappa shape index (κ1) is 10.5. The number of hydrogen-bond donors (Lipinski definition) is 1. The Balaban J connectivity index is 2.07. The molecule has 4 heteroatoms. The van der Waals surface area contributed by atoms with Gasteiger partial charge in [0.25, 0.3) is 0 Å². The van der Waals surface area contributed by atoms with Crippen LogP contribution in [-0.2, 0) is 0 Å². The third-order valence-corrected chi connectivity index (χ3v) is 3.38. The van der Waals surface area contributed by atoms with E-state index < -0.39 is 0 Å². The Kier molecular flexibility index (Phi) is 2.69. The van der Waals surface area contributed by atoms with E-state index in [1.165, 1.54) is 12.1 Å². The molecule has 80 valence electrons. The number of benzene rings is 1. The minimum atomic E-state index is -0.220. The molecule has 1 aliphatic heterocycles. The van der Waals surface area contributed by atoms with Crippen LogP contribution in [0.25, 0.3) is 0 Å². The molecule has 0 aromatic heterocycles. The minimum absolute atomic E-state index is 0.00697. The summed E-state index contributed by atoms with van der Waals surface area (Å²) in [5, 5.41) is 4.08. The van der Waals surface area contributed by atoms with Crippen LogP contribution in [0.15, 0.2) is 29.3 Å². The van der Waals surface area contributed by atoms with E-state index in [1.807, 2.05) is 0 Å².